The minimum Gasteiger partial charge on any atom is -0.372 e. The molecule has 3 aromatic rings. The van der Waals surface area contributed by atoms with Gasteiger partial charge in [0.25, 0.3) is 5.56 Å². The summed E-state index contributed by atoms with van der Waals surface area (Å²) in [6.07, 6.45) is 1.56. The van der Waals surface area contributed by atoms with Crippen molar-refractivity contribution < 1.29 is 9.47 Å². The van der Waals surface area contributed by atoms with Gasteiger partial charge in [-0.1, -0.05) is 62.1 Å². The Bertz CT molecular complexity index is 965. The first-order valence-electron chi connectivity index (χ1n) is 9.60. The molecule has 0 N–H and O–H groups in total. The maximum Gasteiger partial charge on any atom is 0.263 e. The van der Waals surface area contributed by atoms with Crippen LogP contribution in [-0.2, 0) is 29.4 Å². The molecule has 6 heteroatoms. The van der Waals surface area contributed by atoms with E-state index in [0.717, 1.165) is 17.2 Å². The Kier molecular flexibility index (Phi) is 6.77. The van der Waals surface area contributed by atoms with Crippen LogP contribution in [0.5, 0.6) is 0 Å². The molecule has 0 spiro atoms. The summed E-state index contributed by atoms with van der Waals surface area (Å²) in [7, 11) is -1.15. The van der Waals surface area contributed by atoms with Crippen molar-refractivity contribution in [2.24, 2.45) is 0 Å². The van der Waals surface area contributed by atoms with Crippen LogP contribution in [-0.4, -0.2) is 24.2 Å². The van der Waals surface area contributed by atoms with Gasteiger partial charge >= 0.3 is 0 Å². The van der Waals surface area contributed by atoms with Crippen LogP contribution in [0, 0.1) is 0 Å². The average Bonchev–Trinajstić information content (AvgIpc) is 2.67. The molecule has 0 saturated carbocycles. The van der Waals surface area contributed by atoms with E-state index >= 15 is 0 Å². The van der Waals surface area contributed by atoms with Crippen molar-refractivity contribution >= 4 is 19.0 Å². The van der Waals surface area contributed by atoms with Crippen LogP contribution in [0.15, 0.2) is 59.7 Å². The second kappa shape index (κ2) is 9.27. The molecule has 2 aromatic carbocycles. The van der Waals surface area contributed by atoms with E-state index in [4.69, 9.17) is 9.47 Å². The van der Waals surface area contributed by atoms with Gasteiger partial charge < -0.3 is 9.47 Å². The van der Waals surface area contributed by atoms with Gasteiger partial charge in [0.2, 0.25) is 0 Å². The number of aromatic nitrogens is 2. The summed E-state index contributed by atoms with van der Waals surface area (Å²) < 4.78 is 13.1. The highest BCUT2D eigenvalue weighted by molar-refractivity contribution is 6.76. The highest BCUT2D eigenvalue weighted by Crippen LogP contribution is 2.15. The molecule has 0 amide bonds. The minimum atomic E-state index is -1.15. The molecule has 0 saturated heterocycles. The molecule has 1 aromatic heterocycles. The summed E-state index contributed by atoms with van der Waals surface area (Å²) >= 11 is 0. The molecule has 5 nitrogen and oxygen atoms in total. The van der Waals surface area contributed by atoms with Gasteiger partial charge in [-0.05, 0) is 23.2 Å². The number of benzene rings is 2. The third kappa shape index (κ3) is 5.61. The number of ether oxygens (including phenoxy) is 2. The first-order chi connectivity index (χ1) is 13.4. The lowest BCUT2D eigenvalue weighted by molar-refractivity contribution is 0.0843. The maximum atomic E-state index is 13.0. The summed E-state index contributed by atoms with van der Waals surface area (Å²) in [5.74, 6) is 0. The zero-order valence-corrected chi connectivity index (χ0v) is 17.9. The molecule has 0 atom stereocenters. The van der Waals surface area contributed by atoms with Gasteiger partial charge in [-0.3, -0.25) is 9.36 Å². The predicted molar refractivity (Wildman–Crippen MR) is 115 cm³/mol. The second-order valence-electron chi connectivity index (χ2n) is 8.16. The van der Waals surface area contributed by atoms with Crippen LogP contribution in [0.1, 0.15) is 11.1 Å². The molecule has 0 bridgehead atoms. The molecule has 28 heavy (non-hydrogen) atoms. The van der Waals surface area contributed by atoms with Gasteiger partial charge in [0.15, 0.2) is 0 Å². The van der Waals surface area contributed by atoms with Crippen LogP contribution >= 0.6 is 0 Å². The third-order valence-electron chi connectivity index (χ3n) is 4.54. The SMILES string of the molecule is C[Si](C)(C)CCOCn1cnc2cccc(COCc3ccccc3)c2c1=O. The second-order valence-corrected chi connectivity index (χ2v) is 13.8. The average molecular weight is 397 g/mol. The molecular formula is C22H28N2O3Si. The van der Waals surface area contributed by atoms with E-state index in [2.05, 4.69) is 24.6 Å². The summed E-state index contributed by atoms with van der Waals surface area (Å²) in [6.45, 7) is 8.69. The van der Waals surface area contributed by atoms with Crippen molar-refractivity contribution in [3.63, 3.8) is 0 Å². The van der Waals surface area contributed by atoms with E-state index < -0.39 is 8.07 Å². The quantitative estimate of drug-likeness (QED) is 0.397. The summed E-state index contributed by atoms with van der Waals surface area (Å²) in [5.41, 5.74) is 2.55. The lowest BCUT2D eigenvalue weighted by Crippen LogP contribution is -2.25. The van der Waals surface area contributed by atoms with Gasteiger partial charge in [0, 0.05) is 14.7 Å². The standard InChI is InChI=1S/C22H28N2O3Si/c1-28(2,3)13-12-26-17-24-16-23-20-11-7-10-19(21(20)22(24)25)15-27-14-18-8-5-4-6-9-18/h4-11,16H,12-15,17H2,1-3H3. The molecule has 148 valence electrons. The Morgan fingerprint density at radius 2 is 1.75 bits per heavy atom. The van der Waals surface area contributed by atoms with Crippen LogP contribution in [0.2, 0.25) is 25.7 Å². The third-order valence-corrected chi connectivity index (χ3v) is 6.24. The Morgan fingerprint density at radius 3 is 2.50 bits per heavy atom. The monoisotopic (exact) mass is 396 g/mol. The highest BCUT2D eigenvalue weighted by atomic mass is 28.3. The van der Waals surface area contributed by atoms with Crippen molar-refractivity contribution in [1.29, 1.82) is 0 Å². The molecule has 0 unspecified atom stereocenters. The maximum absolute atomic E-state index is 13.0. The highest BCUT2D eigenvalue weighted by Gasteiger charge is 2.13. The van der Waals surface area contributed by atoms with E-state index in [1.54, 1.807) is 6.33 Å². The first kappa shape index (κ1) is 20.5. The Hall–Kier alpha value is -2.28. The summed E-state index contributed by atoms with van der Waals surface area (Å²) in [4.78, 5) is 17.4. The fourth-order valence-corrected chi connectivity index (χ4v) is 3.63. The van der Waals surface area contributed by atoms with Crippen LogP contribution in [0.25, 0.3) is 10.9 Å². The number of hydrogen-bond acceptors (Lipinski definition) is 4. The normalized spacial score (nSPS) is 11.8. The molecule has 1 heterocycles. The van der Waals surface area contributed by atoms with Crippen molar-refractivity contribution in [3.05, 3.63) is 76.3 Å². The molecule has 0 aliphatic carbocycles. The molecule has 0 aliphatic rings. The van der Waals surface area contributed by atoms with E-state index in [1.807, 2.05) is 48.5 Å². The predicted octanol–water partition coefficient (Wildman–Crippen LogP) is 4.43. The summed E-state index contributed by atoms with van der Waals surface area (Å²) in [6, 6.07) is 16.8. The molecule has 3 rings (SSSR count). The van der Waals surface area contributed by atoms with Gasteiger partial charge in [0.05, 0.1) is 24.1 Å². The van der Waals surface area contributed by atoms with Gasteiger partial charge in [-0.25, -0.2) is 4.98 Å². The fraction of sp³-hybridized carbons (Fsp3) is 0.364. The van der Waals surface area contributed by atoms with E-state index in [9.17, 15) is 4.79 Å². The van der Waals surface area contributed by atoms with Crippen LogP contribution < -0.4 is 5.56 Å². The molecule has 0 fully saturated rings. The smallest absolute Gasteiger partial charge is 0.263 e. The van der Waals surface area contributed by atoms with E-state index in [-0.39, 0.29) is 12.3 Å². The zero-order chi connectivity index (χ0) is 20.0. The number of rotatable bonds is 9. The Balaban J connectivity index is 1.71. The molecular weight excluding hydrogens is 368 g/mol. The summed E-state index contributed by atoms with van der Waals surface area (Å²) in [5, 5.41) is 0.604. The lowest BCUT2D eigenvalue weighted by Gasteiger charge is -2.16. The largest absolute Gasteiger partial charge is 0.372 e. The van der Waals surface area contributed by atoms with Gasteiger partial charge in [-0.2, -0.15) is 0 Å². The number of nitrogens with zero attached hydrogens (tertiary/aromatic N) is 2. The Labute approximate surface area is 167 Å². The fourth-order valence-electron chi connectivity index (χ4n) is 2.88. The number of hydrogen-bond donors (Lipinski definition) is 0. The van der Waals surface area contributed by atoms with Crippen molar-refractivity contribution in [2.45, 2.75) is 45.6 Å². The number of fused-ring (bicyclic) bond motifs is 1. The first-order valence-corrected chi connectivity index (χ1v) is 13.3. The minimum absolute atomic E-state index is 0.0862. The van der Waals surface area contributed by atoms with E-state index in [0.29, 0.717) is 30.7 Å². The lowest BCUT2D eigenvalue weighted by atomic mass is 10.1. The molecule has 0 aliphatic heterocycles. The van der Waals surface area contributed by atoms with Crippen LogP contribution in [0.3, 0.4) is 0 Å². The van der Waals surface area contributed by atoms with Gasteiger partial charge in [0.1, 0.15) is 13.1 Å². The Morgan fingerprint density at radius 1 is 0.964 bits per heavy atom. The van der Waals surface area contributed by atoms with Crippen molar-refractivity contribution in [1.82, 2.24) is 9.55 Å². The van der Waals surface area contributed by atoms with E-state index in [1.165, 1.54) is 4.57 Å². The van der Waals surface area contributed by atoms with Crippen molar-refractivity contribution in [3.8, 4) is 0 Å². The van der Waals surface area contributed by atoms with Crippen molar-refractivity contribution in [2.75, 3.05) is 6.61 Å². The van der Waals surface area contributed by atoms with Crippen LogP contribution in [0.4, 0.5) is 0 Å². The van der Waals surface area contributed by atoms with Gasteiger partial charge in [-0.15, -0.1) is 0 Å². The molecule has 0 radical (unpaired) electrons. The topological polar surface area (TPSA) is 53.4 Å². The zero-order valence-electron chi connectivity index (χ0n) is 16.9.